The van der Waals surface area contributed by atoms with E-state index in [1.807, 2.05) is 0 Å². The van der Waals surface area contributed by atoms with Crippen LogP contribution < -0.4 is 0 Å². The number of rotatable bonds is 3. The average molecular weight is 196 g/mol. The fraction of sp³-hybridized carbons (Fsp3) is 0.100. The summed E-state index contributed by atoms with van der Waals surface area (Å²) in [6.45, 7) is -0.435. The summed E-state index contributed by atoms with van der Waals surface area (Å²) in [5.41, 5.74) is 0.548. The quantitative estimate of drug-likeness (QED) is 0.716. The zero-order valence-corrected chi connectivity index (χ0v) is 7.27. The summed E-state index contributed by atoms with van der Waals surface area (Å²) in [6.07, 6.45) is 0.856. The van der Waals surface area contributed by atoms with Gasteiger partial charge in [-0.1, -0.05) is 12.1 Å². The van der Waals surface area contributed by atoms with Gasteiger partial charge in [-0.3, -0.25) is 0 Å². The predicted molar refractivity (Wildman–Crippen MR) is 49.1 cm³/mol. The molecule has 0 saturated heterocycles. The van der Waals surface area contributed by atoms with Crippen LogP contribution in [0.3, 0.4) is 0 Å². The summed E-state index contributed by atoms with van der Waals surface area (Å²) in [6, 6.07) is 5.41. The number of hydrogen-bond donors (Lipinski definition) is 2. The fourth-order valence-corrected chi connectivity index (χ4v) is 1.06. The molecule has 0 fully saturated rings. The highest BCUT2D eigenvalue weighted by Crippen LogP contribution is 2.14. The summed E-state index contributed by atoms with van der Waals surface area (Å²) < 4.78 is 12.7. The van der Waals surface area contributed by atoms with E-state index in [2.05, 4.69) is 0 Å². The van der Waals surface area contributed by atoms with Crippen molar-refractivity contribution in [2.45, 2.75) is 0 Å². The molecule has 0 aliphatic carbocycles. The van der Waals surface area contributed by atoms with Crippen molar-refractivity contribution >= 4 is 11.5 Å². The highest BCUT2D eigenvalue weighted by atomic mass is 19.1. The van der Waals surface area contributed by atoms with E-state index in [0.717, 1.165) is 6.08 Å². The fourth-order valence-electron chi connectivity index (χ4n) is 1.06. The molecule has 14 heavy (non-hydrogen) atoms. The largest absolute Gasteiger partial charge is 0.478 e. The SMILES string of the molecule is O=C(O)/C=C(\CO)c1cccc(F)c1. The molecule has 0 heterocycles. The number of hydrogen-bond acceptors (Lipinski definition) is 2. The minimum Gasteiger partial charge on any atom is -0.478 e. The van der Waals surface area contributed by atoms with Gasteiger partial charge in [0.2, 0.25) is 0 Å². The molecule has 2 N–H and O–H groups in total. The minimum atomic E-state index is -1.17. The van der Waals surface area contributed by atoms with Crippen LogP contribution in [0.1, 0.15) is 5.56 Å². The highest BCUT2D eigenvalue weighted by molar-refractivity contribution is 5.90. The van der Waals surface area contributed by atoms with E-state index in [4.69, 9.17) is 10.2 Å². The Bertz CT molecular complexity index is 371. The van der Waals surface area contributed by atoms with Crippen molar-refractivity contribution in [3.63, 3.8) is 0 Å². The lowest BCUT2D eigenvalue weighted by Gasteiger charge is -2.02. The van der Waals surface area contributed by atoms with Gasteiger partial charge >= 0.3 is 5.97 Å². The van der Waals surface area contributed by atoms with Gasteiger partial charge in [-0.2, -0.15) is 0 Å². The van der Waals surface area contributed by atoms with Crippen LogP contribution >= 0.6 is 0 Å². The molecular formula is C10H9FO3. The van der Waals surface area contributed by atoms with E-state index in [1.54, 1.807) is 0 Å². The summed E-state index contributed by atoms with van der Waals surface area (Å²) in [7, 11) is 0. The molecule has 0 atom stereocenters. The first-order valence-corrected chi connectivity index (χ1v) is 3.94. The Balaban J connectivity index is 3.07. The molecule has 0 spiro atoms. The van der Waals surface area contributed by atoms with Crippen LogP contribution in [0.5, 0.6) is 0 Å². The molecule has 0 radical (unpaired) electrons. The molecule has 1 aromatic rings. The van der Waals surface area contributed by atoms with Gasteiger partial charge in [0.05, 0.1) is 6.61 Å². The molecule has 74 valence electrons. The van der Waals surface area contributed by atoms with Crippen molar-refractivity contribution in [3.05, 3.63) is 41.7 Å². The van der Waals surface area contributed by atoms with Crippen LogP contribution in [0.4, 0.5) is 4.39 Å². The molecule has 0 aliphatic rings. The Kier molecular flexibility index (Phi) is 3.36. The number of aliphatic hydroxyl groups excluding tert-OH is 1. The molecule has 0 aromatic heterocycles. The van der Waals surface area contributed by atoms with Gasteiger partial charge in [0.1, 0.15) is 5.82 Å². The third-order valence-corrected chi connectivity index (χ3v) is 1.66. The first kappa shape index (κ1) is 10.4. The summed E-state index contributed by atoms with van der Waals surface area (Å²) in [4.78, 5) is 10.3. The van der Waals surface area contributed by atoms with E-state index in [9.17, 15) is 9.18 Å². The second-order valence-corrected chi connectivity index (χ2v) is 2.68. The van der Waals surface area contributed by atoms with Gasteiger partial charge in [-0.15, -0.1) is 0 Å². The highest BCUT2D eigenvalue weighted by Gasteiger charge is 2.03. The topological polar surface area (TPSA) is 57.5 Å². The lowest BCUT2D eigenvalue weighted by atomic mass is 10.1. The molecular weight excluding hydrogens is 187 g/mol. The van der Waals surface area contributed by atoms with Gasteiger partial charge in [0, 0.05) is 6.08 Å². The van der Waals surface area contributed by atoms with Crippen molar-refractivity contribution in [2.75, 3.05) is 6.61 Å². The van der Waals surface area contributed by atoms with Crippen LogP contribution in [0.15, 0.2) is 30.3 Å². The molecule has 1 rings (SSSR count). The smallest absolute Gasteiger partial charge is 0.328 e. The maximum atomic E-state index is 12.7. The molecule has 1 aromatic carbocycles. The molecule has 3 nitrogen and oxygen atoms in total. The van der Waals surface area contributed by atoms with Gasteiger partial charge in [0.15, 0.2) is 0 Å². The van der Waals surface area contributed by atoms with Crippen molar-refractivity contribution in [2.24, 2.45) is 0 Å². The van der Waals surface area contributed by atoms with Gasteiger partial charge in [-0.05, 0) is 23.3 Å². The first-order valence-electron chi connectivity index (χ1n) is 3.94. The van der Waals surface area contributed by atoms with Crippen LogP contribution in [-0.4, -0.2) is 22.8 Å². The zero-order chi connectivity index (χ0) is 10.6. The zero-order valence-electron chi connectivity index (χ0n) is 7.27. The minimum absolute atomic E-state index is 0.178. The lowest BCUT2D eigenvalue weighted by Crippen LogP contribution is -1.96. The predicted octanol–water partition coefficient (Wildman–Crippen LogP) is 1.29. The second-order valence-electron chi connectivity index (χ2n) is 2.68. The number of carboxylic acids is 1. The normalized spacial score (nSPS) is 11.4. The van der Waals surface area contributed by atoms with Crippen LogP contribution in [-0.2, 0) is 4.79 Å². The Morgan fingerprint density at radius 1 is 1.50 bits per heavy atom. The van der Waals surface area contributed by atoms with Crippen molar-refractivity contribution < 1.29 is 19.4 Å². The summed E-state index contributed by atoms with van der Waals surface area (Å²) in [5, 5.41) is 17.3. The number of halogens is 1. The van der Waals surface area contributed by atoms with Crippen LogP contribution in [0, 0.1) is 5.82 Å². The standard InChI is InChI=1S/C10H9FO3/c11-9-3-1-2-7(4-9)8(6-12)5-10(13)14/h1-5,12H,6H2,(H,13,14)/b8-5+. The summed E-state index contributed by atoms with van der Waals surface area (Å²) >= 11 is 0. The van der Waals surface area contributed by atoms with E-state index in [-0.39, 0.29) is 5.57 Å². The van der Waals surface area contributed by atoms with Gasteiger partial charge < -0.3 is 10.2 Å². The molecule has 0 unspecified atom stereocenters. The third-order valence-electron chi connectivity index (χ3n) is 1.66. The number of aliphatic hydroxyl groups is 1. The Morgan fingerprint density at radius 3 is 2.71 bits per heavy atom. The number of benzene rings is 1. The average Bonchev–Trinajstić information content (AvgIpc) is 2.14. The lowest BCUT2D eigenvalue weighted by molar-refractivity contribution is -0.131. The molecule has 0 saturated carbocycles. The van der Waals surface area contributed by atoms with Gasteiger partial charge in [0.25, 0.3) is 0 Å². The Hall–Kier alpha value is -1.68. The molecule has 4 heteroatoms. The van der Waals surface area contributed by atoms with Crippen molar-refractivity contribution in [1.82, 2.24) is 0 Å². The van der Waals surface area contributed by atoms with Crippen LogP contribution in [0.25, 0.3) is 5.57 Å². The van der Waals surface area contributed by atoms with Gasteiger partial charge in [-0.25, -0.2) is 9.18 Å². The third kappa shape index (κ3) is 2.67. The number of carbonyl (C=O) groups is 1. The second kappa shape index (κ2) is 4.53. The number of aliphatic carboxylic acids is 1. The van der Waals surface area contributed by atoms with E-state index in [1.165, 1.54) is 24.3 Å². The van der Waals surface area contributed by atoms with E-state index in [0.29, 0.717) is 5.56 Å². The molecule has 0 bridgehead atoms. The van der Waals surface area contributed by atoms with Crippen LogP contribution in [0.2, 0.25) is 0 Å². The van der Waals surface area contributed by atoms with E-state index >= 15 is 0 Å². The maximum Gasteiger partial charge on any atom is 0.328 e. The molecule has 0 aliphatic heterocycles. The van der Waals surface area contributed by atoms with Crippen molar-refractivity contribution in [1.29, 1.82) is 0 Å². The van der Waals surface area contributed by atoms with E-state index < -0.39 is 18.4 Å². The monoisotopic (exact) mass is 196 g/mol. The van der Waals surface area contributed by atoms with Crippen molar-refractivity contribution in [3.8, 4) is 0 Å². The maximum absolute atomic E-state index is 12.7. The molecule has 0 amide bonds. The Morgan fingerprint density at radius 2 is 2.21 bits per heavy atom. The first-order chi connectivity index (χ1) is 6.63. The number of carboxylic acid groups (broad SMARTS) is 1. The summed E-state index contributed by atoms with van der Waals surface area (Å²) in [5.74, 6) is -1.63. The Labute approximate surface area is 80.1 Å².